The van der Waals surface area contributed by atoms with Crippen LogP contribution in [0.15, 0.2) is 279 Å². The minimum atomic E-state index is -2.12. The second-order valence-corrected chi connectivity index (χ2v) is 44.3. The van der Waals surface area contributed by atoms with Gasteiger partial charge in [0.25, 0.3) is 0 Å². The van der Waals surface area contributed by atoms with E-state index in [4.69, 9.17) is 0 Å². The van der Waals surface area contributed by atoms with Gasteiger partial charge in [0.2, 0.25) is 0 Å². The first-order valence-corrected chi connectivity index (χ1v) is 42.6. The Kier molecular flexibility index (Phi) is 13.3. The number of nitrogens with zero attached hydrogens (tertiary/aromatic N) is 4. The standard InChI is InChI=1S/C74H64Ge2N4/c1-75(2,3)53-33-37-61(38-34-53)79(63-45-41-59(42-46-63)77(55-21-11-7-12-22-55)56-23-13-8-14-24-56)71-51-49-67-66-30-20-32-70-72(52-50-68(74(66)70)65-29-19-31-69(71)73(65)67)80(62-39-35-54(36-40-62)76(4,5)6)64-47-43-60(44-48-64)78(57-25-15-9-16-26-57)58-27-17-10-18-28-58/h7-52H,1-6H3. The Labute approximate surface area is 476 Å². The fourth-order valence-corrected chi connectivity index (χ4v) is 16.7. The van der Waals surface area contributed by atoms with Crippen molar-refractivity contribution in [3.8, 4) is 0 Å². The van der Waals surface area contributed by atoms with Crippen molar-refractivity contribution in [1.29, 1.82) is 0 Å². The van der Waals surface area contributed by atoms with Crippen molar-refractivity contribution < 1.29 is 0 Å². The average molecular weight is 1150 g/mol. The van der Waals surface area contributed by atoms with E-state index >= 15 is 0 Å². The van der Waals surface area contributed by atoms with Gasteiger partial charge in [0, 0.05) is 0 Å². The fraction of sp³-hybridized carbons (Fsp3) is 0.0811. The molecule has 0 fully saturated rings. The molecule has 13 aromatic rings. The van der Waals surface area contributed by atoms with E-state index in [9.17, 15) is 0 Å². The second kappa shape index (κ2) is 20.9. The number of hydrogen-bond donors (Lipinski definition) is 0. The van der Waals surface area contributed by atoms with E-state index in [0.29, 0.717) is 0 Å². The van der Waals surface area contributed by atoms with Gasteiger partial charge in [0.05, 0.1) is 0 Å². The third-order valence-electron chi connectivity index (χ3n) is 15.9. The van der Waals surface area contributed by atoms with Crippen LogP contribution in [-0.2, 0) is 0 Å². The number of hydrogen-bond acceptors (Lipinski definition) is 4. The number of benzene rings is 13. The van der Waals surface area contributed by atoms with Gasteiger partial charge in [-0.3, -0.25) is 0 Å². The molecule has 4 nitrogen and oxygen atoms in total. The molecule has 0 N–H and O–H groups in total. The van der Waals surface area contributed by atoms with Crippen LogP contribution in [0, 0.1) is 0 Å². The van der Waals surface area contributed by atoms with E-state index in [-0.39, 0.29) is 0 Å². The molecular weight excluding hydrogens is 1090 g/mol. The molecule has 0 bridgehead atoms. The molecule has 80 heavy (non-hydrogen) atoms. The molecule has 0 aliphatic carbocycles. The van der Waals surface area contributed by atoms with E-state index in [1.165, 1.54) is 51.9 Å². The monoisotopic (exact) mass is 1160 g/mol. The quantitative estimate of drug-likeness (QED) is 0.0611. The van der Waals surface area contributed by atoms with Gasteiger partial charge in [-0.2, -0.15) is 0 Å². The molecule has 0 amide bonds. The van der Waals surface area contributed by atoms with Crippen LogP contribution in [0.1, 0.15) is 0 Å². The summed E-state index contributed by atoms with van der Waals surface area (Å²) in [7, 11) is 0. The SMILES string of the molecule is [CH3][Ge]([CH3])([CH3])[c]1ccc(N(c2ccc(N(c3ccccc3)c3ccccc3)cc2)c2ccc3c4cccc5c(N(c6ccc(N(c7ccccc7)c7ccccc7)cc6)c6cc[c]([Ge]([CH3])([CH3])[CH3])cc6)ccc(c6cccc2c63)c54)cc1. The van der Waals surface area contributed by atoms with E-state index in [2.05, 4.69) is 333 Å². The Morgan fingerprint density at radius 2 is 0.412 bits per heavy atom. The molecule has 0 unspecified atom stereocenters. The predicted octanol–water partition coefficient (Wildman–Crippen LogP) is 20.7. The van der Waals surface area contributed by atoms with Crippen molar-refractivity contribution in [2.45, 2.75) is 34.5 Å². The van der Waals surface area contributed by atoms with E-state index in [0.717, 1.165) is 68.2 Å². The number of para-hydroxylation sites is 4. The van der Waals surface area contributed by atoms with Crippen molar-refractivity contribution in [1.82, 2.24) is 0 Å². The van der Waals surface area contributed by atoms with Gasteiger partial charge in [-0.15, -0.1) is 0 Å². The third kappa shape index (κ3) is 9.46. The normalized spacial score (nSPS) is 11.9. The summed E-state index contributed by atoms with van der Waals surface area (Å²) in [6.07, 6.45) is 0. The second-order valence-electron chi connectivity index (χ2n) is 23.0. The molecule has 0 atom stereocenters. The van der Waals surface area contributed by atoms with Crippen molar-refractivity contribution in [3.63, 3.8) is 0 Å². The van der Waals surface area contributed by atoms with Crippen molar-refractivity contribution in [2.75, 3.05) is 19.6 Å². The van der Waals surface area contributed by atoms with E-state index in [1.54, 1.807) is 0 Å². The first-order valence-electron chi connectivity index (χ1n) is 27.9. The van der Waals surface area contributed by atoms with Gasteiger partial charge < -0.3 is 0 Å². The van der Waals surface area contributed by atoms with Crippen molar-refractivity contribution >= 4 is 147 Å². The Hall–Kier alpha value is -8.55. The van der Waals surface area contributed by atoms with Gasteiger partial charge >= 0.3 is 407 Å². The van der Waals surface area contributed by atoms with Crippen LogP contribution in [-0.4, -0.2) is 26.5 Å². The molecule has 0 aliphatic rings. The van der Waals surface area contributed by atoms with Crippen LogP contribution in [0.5, 0.6) is 0 Å². The maximum atomic E-state index is 2.47. The maximum absolute atomic E-state index is 2.47. The number of anilines is 12. The average Bonchev–Trinajstić information content (AvgIpc) is 3.62. The Balaban J connectivity index is 0.964. The van der Waals surface area contributed by atoms with Crippen molar-refractivity contribution in [3.05, 3.63) is 279 Å². The number of rotatable bonds is 14. The molecule has 6 heteroatoms. The molecule has 0 aliphatic heterocycles. The van der Waals surface area contributed by atoms with Gasteiger partial charge in [0.1, 0.15) is 0 Å². The zero-order valence-corrected chi connectivity index (χ0v) is 50.5. The Morgan fingerprint density at radius 1 is 0.188 bits per heavy atom. The summed E-state index contributed by atoms with van der Waals surface area (Å²) in [5.74, 6) is 14.8. The van der Waals surface area contributed by atoms with Crippen LogP contribution >= 0.6 is 0 Å². The van der Waals surface area contributed by atoms with Crippen LogP contribution in [0.25, 0.3) is 43.1 Å². The molecule has 388 valence electrons. The molecule has 0 aromatic heterocycles. The summed E-state index contributed by atoms with van der Waals surface area (Å²) in [6.45, 7) is 0. The zero-order chi connectivity index (χ0) is 54.5. The Bertz CT molecular complexity index is 3890. The molecule has 13 rings (SSSR count). The fourth-order valence-electron chi connectivity index (χ4n) is 11.9. The third-order valence-corrected chi connectivity index (χ3v) is 24.5. The molecule has 0 radical (unpaired) electrons. The molecule has 0 saturated heterocycles. The van der Waals surface area contributed by atoms with Crippen LogP contribution in [0.4, 0.5) is 68.2 Å². The van der Waals surface area contributed by atoms with Gasteiger partial charge in [-0.1, -0.05) is 72.8 Å². The van der Waals surface area contributed by atoms with E-state index < -0.39 is 26.5 Å². The summed E-state index contributed by atoms with van der Waals surface area (Å²) in [5, 5.41) is 9.99. The van der Waals surface area contributed by atoms with Gasteiger partial charge in [-0.05, 0) is 0 Å². The molecule has 0 spiro atoms. The van der Waals surface area contributed by atoms with Crippen molar-refractivity contribution in [2.24, 2.45) is 0 Å². The summed E-state index contributed by atoms with van der Waals surface area (Å²) >= 11 is -4.23. The topological polar surface area (TPSA) is 13.0 Å². The summed E-state index contributed by atoms with van der Waals surface area (Å²) < 4.78 is 2.98. The Morgan fingerprint density at radius 3 is 0.688 bits per heavy atom. The molecular formula is C74H64Ge2N4. The molecule has 13 aromatic carbocycles. The molecule has 0 heterocycles. The molecule has 0 saturated carbocycles. The minimum absolute atomic E-state index is 1.10. The van der Waals surface area contributed by atoms with Gasteiger partial charge in [0.15, 0.2) is 0 Å². The summed E-state index contributed by atoms with van der Waals surface area (Å²) in [5.41, 5.74) is 13.4. The van der Waals surface area contributed by atoms with Crippen LogP contribution < -0.4 is 28.4 Å². The first-order chi connectivity index (χ1) is 39.0. The van der Waals surface area contributed by atoms with Crippen LogP contribution in [0.3, 0.4) is 0 Å². The predicted molar refractivity (Wildman–Crippen MR) is 352 cm³/mol. The van der Waals surface area contributed by atoms with Gasteiger partial charge in [-0.25, -0.2) is 0 Å². The zero-order valence-electron chi connectivity index (χ0n) is 46.3. The van der Waals surface area contributed by atoms with E-state index in [1.807, 2.05) is 0 Å². The first kappa shape index (κ1) is 50.9. The van der Waals surface area contributed by atoms with Crippen LogP contribution in [0.2, 0.25) is 34.5 Å². The summed E-state index contributed by atoms with van der Waals surface area (Å²) in [6, 6.07) is 103. The number of fused-ring (bicyclic) bond motifs is 2. The summed E-state index contributed by atoms with van der Waals surface area (Å²) in [4.78, 5) is 9.60.